The van der Waals surface area contributed by atoms with Gasteiger partial charge in [-0.1, -0.05) is 12.1 Å². The molecule has 0 aromatic heterocycles. The highest BCUT2D eigenvalue weighted by Crippen LogP contribution is 2.22. The monoisotopic (exact) mass is 303 g/mol. The summed E-state index contributed by atoms with van der Waals surface area (Å²) in [6.45, 7) is 4.28. The van der Waals surface area contributed by atoms with Crippen LogP contribution in [0.5, 0.6) is 0 Å². The van der Waals surface area contributed by atoms with Crippen LogP contribution in [-0.4, -0.2) is 84.0 Å². The molecule has 118 valence electrons. The second kappa shape index (κ2) is 6.16. The SMILES string of the molecule is CN1CCN(C[C@@H](O)CN2C(=O)c3ccccc3C2=O)CC1. The van der Waals surface area contributed by atoms with E-state index in [1.807, 2.05) is 0 Å². The number of likely N-dealkylation sites (N-methyl/N-ethyl adjacent to an activating group) is 1. The number of rotatable bonds is 4. The summed E-state index contributed by atoms with van der Waals surface area (Å²) in [5.41, 5.74) is 0.860. The predicted molar refractivity (Wildman–Crippen MR) is 81.8 cm³/mol. The molecule has 3 rings (SSSR count). The summed E-state index contributed by atoms with van der Waals surface area (Å²) in [6, 6.07) is 6.80. The summed E-state index contributed by atoms with van der Waals surface area (Å²) < 4.78 is 0. The van der Waals surface area contributed by atoms with Gasteiger partial charge < -0.3 is 10.0 Å². The van der Waals surface area contributed by atoms with Gasteiger partial charge in [0.25, 0.3) is 11.8 Å². The van der Waals surface area contributed by atoms with Gasteiger partial charge in [-0.3, -0.25) is 19.4 Å². The minimum atomic E-state index is -0.717. The van der Waals surface area contributed by atoms with Crippen molar-refractivity contribution in [1.82, 2.24) is 14.7 Å². The molecule has 6 heteroatoms. The molecule has 1 N–H and O–H groups in total. The lowest BCUT2D eigenvalue weighted by molar-refractivity contribution is 0.0418. The van der Waals surface area contributed by atoms with Crippen molar-refractivity contribution >= 4 is 11.8 Å². The summed E-state index contributed by atoms with van der Waals surface area (Å²) >= 11 is 0. The van der Waals surface area contributed by atoms with E-state index in [-0.39, 0.29) is 18.4 Å². The summed E-state index contributed by atoms with van der Waals surface area (Å²) in [6.07, 6.45) is -0.717. The van der Waals surface area contributed by atoms with Crippen LogP contribution in [0.4, 0.5) is 0 Å². The number of β-amino-alcohol motifs (C(OH)–C–C–N with tert-alkyl or cyclic N) is 1. The molecule has 1 saturated heterocycles. The van der Waals surface area contributed by atoms with Crippen LogP contribution in [0.1, 0.15) is 20.7 Å². The van der Waals surface area contributed by atoms with E-state index in [1.54, 1.807) is 24.3 Å². The van der Waals surface area contributed by atoms with E-state index in [0.29, 0.717) is 17.7 Å². The standard InChI is InChI=1S/C16H21N3O3/c1-17-6-8-18(9-7-17)10-12(20)11-19-15(21)13-4-2-3-5-14(13)16(19)22/h2-5,12,20H,6-11H2,1H3/t12-/m1/s1. The van der Waals surface area contributed by atoms with Crippen molar-refractivity contribution in [2.45, 2.75) is 6.10 Å². The number of fused-ring (bicyclic) bond motifs is 1. The Labute approximate surface area is 129 Å². The smallest absolute Gasteiger partial charge is 0.261 e. The Morgan fingerprint density at radius 3 is 2.09 bits per heavy atom. The highest BCUT2D eigenvalue weighted by Gasteiger charge is 2.36. The van der Waals surface area contributed by atoms with E-state index >= 15 is 0 Å². The first-order valence-electron chi connectivity index (χ1n) is 7.60. The van der Waals surface area contributed by atoms with Crippen molar-refractivity contribution in [3.8, 4) is 0 Å². The van der Waals surface area contributed by atoms with Gasteiger partial charge in [-0.05, 0) is 19.2 Å². The number of nitrogens with zero attached hydrogens (tertiary/aromatic N) is 3. The molecule has 2 aliphatic heterocycles. The van der Waals surface area contributed by atoms with E-state index in [0.717, 1.165) is 31.1 Å². The van der Waals surface area contributed by atoms with Crippen LogP contribution in [0.25, 0.3) is 0 Å². The summed E-state index contributed by atoms with van der Waals surface area (Å²) in [5.74, 6) is -0.615. The third-order valence-corrected chi connectivity index (χ3v) is 4.34. The second-order valence-corrected chi connectivity index (χ2v) is 6.02. The van der Waals surface area contributed by atoms with Crippen LogP contribution >= 0.6 is 0 Å². The Morgan fingerprint density at radius 2 is 1.55 bits per heavy atom. The van der Waals surface area contributed by atoms with Crippen molar-refractivity contribution in [2.75, 3.05) is 46.3 Å². The second-order valence-electron chi connectivity index (χ2n) is 6.02. The molecule has 1 aromatic carbocycles. The molecule has 1 aromatic rings. The highest BCUT2D eigenvalue weighted by atomic mass is 16.3. The highest BCUT2D eigenvalue weighted by molar-refractivity contribution is 6.21. The van der Waals surface area contributed by atoms with Crippen molar-refractivity contribution < 1.29 is 14.7 Å². The molecule has 0 aliphatic carbocycles. The van der Waals surface area contributed by atoms with Crippen LogP contribution in [0.3, 0.4) is 0 Å². The van der Waals surface area contributed by atoms with Crippen LogP contribution < -0.4 is 0 Å². The fourth-order valence-corrected chi connectivity index (χ4v) is 3.00. The van der Waals surface area contributed by atoms with Gasteiger partial charge >= 0.3 is 0 Å². The maximum Gasteiger partial charge on any atom is 0.261 e. The Bertz CT molecular complexity index is 547. The number of benzene rings is 1. The molecule has 2 amide bonds. The van der Waals surface area contributed by atoms with E-state index in [9.17, 15) is 14.7 Å². The molecule has 0 unspecified atom stereocenters. The van der Waals surface area contributed by atoms with E-state index in [2.05, 4.69) is 16.8 Å². The number of aliphatic hydroxyl groups is 1. The molecule has 0 saturated carbocycles. The van der Waals surface area contributed by atoms with Gasteiger partial charge in [0.2, 0.25) is 0 Å². The number of imide groups is 1. The number of aliphatic hydroxyl groups excluding tert-OH is 1. The fourth-order valence-electron chi connectivity index (χ4n) is 3.00. The normalized spacial score (nSPS) is 21.3. The third kappa shape index (κ3) is 2.90. The van der Waals surface area contributed by atoms with E-state index < -0.39 is 6.10 Å². The minimum Gasteiger partial charge on any atom is -0.390 e. The Balaban J connectivity index is 1.60. The third-order valence-electron chi connectivity index (χ3n) is 4.34. The van der Waals surface area contributed by atoms with Crippen molar-refractivity contribution in [1.29, 1.82) is 0 Å². The molecular weight excluding hydrogens is 282 g/mol. The first kappa shape index (κ1) is 15.1. The zero-order valence-electron chi connectivity index (χ0n) is 12.7. The lowest BCUT2D eigenvalue weighted by atomic mass is 10.1. The van der Waals surface area contributed by atoms with Crippen molar-refractivity contribution in [3.05, 3.63) is 35.4 Å². The van der Waals surface area contributed by atoms with Gasteiger partial charge in [0, 0.05) is 32.7 Å². The maximum absolute atomic E-state index is 12.3. The average Bonchev–Trinajstić information content (AvgIpc) is 2.75. The first-order valence-corrected chi connectivity index (χ1v) is 7.60. The van der Waals surface area contributed by atoms with E-state index in [1.165, 1.54) is 0 Å². The molecule has 1 fully saturated rings. The number of piperazine rings is 1. The lowest BCUT2D eigenvalue weighted by Crippen LogP contribution is -2.49. The Hall–Kier alpha value is -1.76. The quantitative estimate of drug-likeness (QED) is 0.787. The molecule has 0 radical (unpaired) electrons. The number of hydrogen-bond donors (Lipinski definition) is 1. The Kier molecular flexibility index (Phi) is 4.24. The summed E-state index contributed by atoms with van der Waals surface area (Å²) in [7, 11) is 2.08. The first-order chi connectivity index (χ1) is 10.6. The van der Waals surface area contributed by atoms with Gasteiger partial charge in [0.1, 0.15) is 0 Å². The van der Waals surface area contributed by atoms with Crippen LogP contribution in [-0.2, 0) is 0 Å². The van der Waals surface area contributed by atoms with E-state index in [4.69, 9.17) is 0 Å². The molecule has 22 heavy (non-hydrogen) atoms. The molecule has 1 atom stereocenters. The number of carbonyl (C=O) groups is 2. The summed E-state index contributed by atoms with van der Waals surface area (Å²) in [4.78, 5) is 30.1. The number of hydrogen-bond acceptors (Lipinski definition) is 5. The topological polar surface area (TPSA) is 64.1 Å². The van der Waals surface area contributed by atoms with Gasteiger partial charge in [-0.15, -0.1) is 0 Å². The molecule has 0 bridgehead atoms. The van der Waals surface area contributed by atoms with Crippen LogP contribution in [0.2, 0.25) is 0 Å². The van der Waals surface area contributed by atoms with Gasteiger partial charge in [0.15, 0.2) is 0 Å². The van der Waals surface area contributed by atoms with Gasteiger partial charge in [-0.2, -0.15) is 0 Å². The van der Waals surface area contributed by atoms with Crippen molar-refractivity contribution in [2.24, 2.45) is 0 Å². The molecule has 2 aliphatic rings. The zero-order chi connectivity index (χ0) is 15.7. The van der Waals surface area contributed by atoms with Crippen molar-refractivity contribution in [3.63, 3.8) is 0 Å². The minimum absolute atomic E-state index is 0.0543. The van der Waals surface area contributed by atoms with Gasteiger partial charge in [0.05, 0.1) is 23.8 Å². The number of carbonyl (C=O) groups excluding carboxylic acids is 2. The van der Waals surface area contributed by atoms with Gasteiger partial charge in [-0.25, -0.2) is 0 Å². The van der Waals surface area contributed by atoms with Crippen LogP contribution in [0, 0.1) is 0 Å². The van der Waals surface area contributed by atoms with Crippen LogP contribution in [0.15, 0.2) is 24.3 Å². The molecule has 0 spiro atoms. The fraction of sp³-hybridized carbons (Fsp3) is 0.500. The number of amides is 2. The Morgan fingerprint density at radius 1 is 1.00 bits per heavy atom. The molecule has 6 nitrogen and oxygen atoms in total. The lowest BCUT2D eigenvalue weighted by Gasteiger charge is -2.34. The summed E-state index contributed by atoms with van der Waals surface area (Å²) in [5, 5.41) is 10.2. The maximum atomic E-state index is 12.3. The molecular formula is C16H21N3O3. The predicted octanol–water partition coefficient (Wildman–Crippen LogP) is -0.109. The largest absolute Gasteiger partial charge is 0.390 e. The molecule has 2 heterocycles. The average molecular weight is 303 g/mol. The zero-order valence-corrected chi connectivity index (χ0v) is 12.7.